The molecule has 0 aliphatic heterocycles. The number of nitrogens with zero attached hydrogens (tertiary/aromatic N) is 1. The molecule has 0 aliphatic carbocycles. The van der Waals surface area contributed by atoms with Gasteiger partial charge in [0.05, 0.1) is 29.7 Å². The highest BCUT2D eigenvalue weighted by Crippen LogP contribution is 2.29. The van der Waals surface area contributed by atoms with Gasteiger partial charge in [0.2, 0.25) is 5.91 Å². The largest absolute Gasteiger partial charge is 0.494 e. The van der Waals surface area contributed by atoms with Gasteiger partial charge in [-0.3, -0.25) is 4.79 Å². The van der Waals surface area contributed by atoms with Crippen LogP contribution in [0.4, 0.5) is 5.69 Å². The Kier molecular flexibility index (Phi) is 6.75. The standard InChI is InChI=1S/C17H20N2O3S/c1-3-21-13-8-9-15(22-4-2)14(11-13)19-16(20)12-23-17-7-5-6-10-18-17/h5-11H,3-4,12H2,1-2H3,(H,19,20). The lowest BCUT2D eigenvalue weighted by atomic mass is 10.2. The number of amides is 1. The van der Waals surface area contributed by atoms with E-state index in [4.69, 9.17) is 9.47 Å². The van der Waals surface area contributed by atoms with Gasteiger partial charge in [-0.05, 0) is 38.1 Å². The molecule has 0 spiro atoms. The average molecular weight is 332 g/mol. The van der Waals surface area contributed by atoms with Crippen molar-refractivity contribution in [1.29, 1.82) is 0 Å². The number of hydrogen-bond acceptors (Lipinski definition) is 5. The van der Waals surface area contributed by atoms with Crippen LogP contribution in [0.15, 0.2) is 47.6 Å². The molecule has 1 aromatic carbocycles. The van der Waals surface area contributed by atoms with Gasteiger partial charge in [-0.2, -0.15) is 0 Å². The third kappa shape index (κ3) is 5.49. The van der Waals surface area contributed by atoms with E-state index >= 15 is 0 Å². The predicted molar refractivity (Wildman–Crippen MR) is 92.4 cm³/mol. The summed E-state index contributed by atoms with van der Waals surface area (Å²) in [7, 11) is 0. The van der Waals surface area contributed by atoms with E-state index in [9.17, 15) is 4.79 Å². The third-order valence-electron chi connectivity index (χ3n) is 2.82. The van der Waals surface area contributed by atoms with Crippen molar-refractivity contribution in [2.45, 2.75) is 18.9 Å². The van der Waals surface area contributed by atoms with E-state index in [1.54, 1.807) is 18.3 Å². The van der Waals surface area contributed by atoms with Gasteiger partial charge in [0, 0.05) is 12.3 Å². The fraction of sp³-hybridized carbons (Fsp3) is 0.294. The van der Waals surface area contributed by atoms with Gasteiger partial charge in [-0.15, -0.1) is 0 Å². The number of rotatable bonds is 8. The quantitative estimate of drug-likeness (QED) is 0.748. The van der Waals surface area contributed by atoms with Gasteiger partial charge < -0.3 is 14.8 Å². The maximum Gasteiger partial charge on any atom is 0.234 e. The Balaban J connectivity index is 2.01. The Hall–Kier alpha value is -2.21. The molecule has 5 nitrogen and oxygen atoms in total. The first-order chi connectivity index (χ1) is 11.2. The molecule has 122 valence electrons. The highest BCUT2D eigenvalue weighted by Gasteiger charge is 2.10. The van der Waals surface area contributed by atoms with Gasteiger partial charge in [0.25, 0.3) is 0 Å². The zero-order valence-corrected chi connectivity index (χ0v) is 14.1. The van der Waals surface area contributed by atoms with Gasteiger partial charge in [0.15, 0.2) is 0 Å². The Morgan fingerprint density at radius 3 is 2.70 bits per heavy atom. The zero-order valence-electron chi connectivity index (χ0n) is 13.2. The second-order valence-electron chi connectivity index (χ2n) is 4.53. The van der Waals surface area contributed by atoms with E-state index in [1.807, 2.05) is 38.1 Å². The summed E-state index contributed by atoms with van der Waals surface area (Å²) >= 11 is 1.39. The lowest BCUT2D eigenvalue weighted by Crippen LogP contribution is -2.15. The zero-order chi connectivity index (χ0) is 16.5. The maximum atomic E-state index is 12.2. The molecule has 0 unspecified atom stereocenters. The van der Waals surface area contributed by atoms with Crippen LogP contribution in [0.3, 0.4) is 0 Å². The van der Waals surface area contributed by atoms with Crippen LogP contribution in [-0.2, 0) is 4.79 Å². The number of carbonyl (C=O) groups excluding carboxylic acids is 1. The Morgan fingerprint density at radius 2 is 2.00 bits per heavy atom. The molecule has 2 aromatic rings. The summed E-state index contributed by atoms with van der Waals surface area (Å²) in [5.74, 6) is 1.49. The van der Waals surface area contributed by atoms with E-state index in [0.717, 1.165) is 5.03 Å². The average Bonchev–Trinajstić information content (AvgIpc) is 2.57. The van der Waals surface area contributed by atoms with Crippen LogP contribution >= 0.6 is 11.8 Å². The van der Waals surface area contributed by atoms with Gasteiger partial charge in [-0.25, -0.2) is 4.98 Å². The number of ether oxygens (including phenoxy) is 2. The molecule has 0 bridgehead atoms. The van der Waals surface area contributed by atoms with E-state index in [1.165, 1.54) is 11.8 Å². The Morgan fingerprint density at radius 1 is 1.17 bits per heavy atom. The molecule has 1 heterocycles. The van der Waals surface area contributed by atoms with Crippen LogP contribution < -0.4 is 14.8 Å². The molecule has 1 N–H and O–H groups in total. The number of anilines is 1. The topological polar surface area (TPSA) is 60.5 Å². The number of carbonyl (C=O) groups is 1. The molecule has 1 amide bonds. The summed E-state index contributed by atoms with van der Waals surface area (Å²) in [6.07, 6.45) is 1.71. The molecule has 0 saturated carbocycles. The van der Waals surface area contributed by atoms with E-state index in [2.05, 4.69) is 10.3 Å². The van der Waals surface area contributed by atoms with Crippen LogP contribution in [0.5, 0.6) is 11.5 Å². The summed E-state index contributed by atoms with van der Waals surface area (Å²) in [5, 5.41) is 3.69. The lowest BCUT2D eigenvalue weighted by molar-refractivity contribution is -0.113. The van der Waals surface area contributed by atoms with E-state index in [-0.39, 0.29) is 11.7 Å². The van der Waals surface area contributed by atoms with Crippen molar-refractivity contribution in [3.05, 3.63) is 42.6 Å². The fourth-order valence-electron chi connectivity index (χ4n) is 1.90. The van der Waals surface area contributed by atoms with Gasteiger partial charge in [-0.1, -0.05) is 17.8 Å². The minimum absolute atomic E-state index is 0.116. The van der Waals surface area contributed by atoms with Gasteiger partial charge >= 0.3 is 0 Å². The number of hydrogen-bond donors (Lipinski definition) is 1. The number of pyridine rings is 1. The molecule has 0 fully saturated rings. The summed E-state index contributed by atoms with van der Waals surface area (Å²) in [4.78, 5) is 16.3. The summed E-state index contributed by atoms with van der Waals surface area (Å²) in [6.45, 7) is 4.91. The van der Waals surface area contributed by atoms with Crippen molar-refractivity contribution < 1.29 is 14.3 Å². The van der Waals surface area contributed by atoms with Crippen molar-refractivity contribution in [3.8, 4) is 11.5 Å². The van der Waals surface area contributed by atoms with E-state index < -0.39 is 0 Å². The van der Waals surface area contributed by atoms with Crippen LogP contribution in [0.25, 0.3) is 0 Å². The highest BCUT2D eigenvalue weighted by atomic mass is 32.2. The summed E-state index contributed by atoms with van der Waals surface area (Å²) in [5.41, 5.74) is 0.615. The van der Waals surface area contributed by atoms with Gasteiger partial charge in [0.1, 0.15) is 11.5 Å². The highest BCUT2D eigenvalue weighted by molar-refractivity contribution is 7.99. The van der Waals surface area contributed by atoms with E-state index in [0.29, 0.717) is 30.4 Å². The first kappa shape index (κ1) is 17.1. The molecule has 0 saturated heterocycles. The number of thioether (sulfide) groups is 1. The van der Waals surface area contributed by atoms with Crippen LogP contribution in [0.2, 0.25) is 0 Å². The molecule has 2 rings (SSSR count). The van der Waals surface area contributed by atoms with Crippen molar-refractivity contribution in [2.24, 2.45) is 0 Å². The lowest BCUT2D eigenvalue weighted by Gasteiger charge is -2.13. The summed E-state index contributed by atoms with van der Waals surface area (Å²) < 4.78 is 11.0. The number of nitrogens with one attached hydrogen (secondary N) is 1. The molecule has 0 aliphatic rings. The fourth-order valence-corrected chi connectivity index (χ4v) is 2.56. The Bertz CT molecular complexity index is 635. The Labute approximate surface area is 140 Å². The van der Waals surface area contributed by atoms with Crippen molar-refractivity contribution in [1.82, 2.24) is 4.98 Å². The molecule has 1 aromatic heterocycles. The second kappa shape index (κ2) is 9.05. The second-order valence-corrected chi connectivity index (χ2v) is 5.52. The van der Waals surface area contributed by atoms with Crippen LogP contribution in [-0.4, -0.2) is 29.9 Å². The molecular weight excluding hydrogens is 312 g/mol. The smallest absolute Gasteiger partial charge is 0.234 e. The van der Waals surface area contributed by atoms with Crippen molar-refractivity contribution >= 4 is 23.4 Å². The minimum atomic E-state index is -0.116. The van der Waals surface area contributed by atoms with Crippen LogP contribution in [0, 0.1) is 0 Å². The normalized spacial score (nSPS) is 10.2. The molecule has 23 heavy (non-hydrogen) atoms. The van der Waals surface area contributed by atoms with Crippen molar-refractivity contribution in [3.63, 3.8) is 0 Å². The molecular formula is C17H20N2O3S. The molecule has 0 atom stereocenters. The first-order valence-electron chi connectivity index (χ1n) is 7.46. The SMILES string of the molecule is CCOc1ccc(OCC)c(NC(=O)CSc2ccccn2)c1. The number of aromatic nitrogens is 1. The third-order valence-corrected chi connectivity index (χ3v) is 3.77. The molecule has 6 heteroatoms. The first-order valence-corrected chi connectivity index (χ1v) is 8.44. The predicted octanol–water partition coefficient (Wildman–Crippen LogP) is 3.61. The summed E-state index contributed by atoms with van der Waals surface area (Å²) in [6, 6.07) is 11.0. The maximum absolute atomic E-state index is 12.2. The molecule has 0 radical (unpaired) electrons. The minimum Gasteiger partial charge on any atom is -0.494 e. The van der Waals surface area contributed by atoms with Crippen LogP contribution in [0.1, 0.15) is 13.8 Å². The van der Waals surface area contributed by atoms with Crippen molar-refractivity contribution in [2.75, 3.05) is 24.3 Å². The monoisotopic (exact) mass is 332 g/mol. The number of benzene rings is 1.